The van der Waals surface area contributed by atoms with Gasteiger partial charge in [-0.1, -0.05) is 0 Å². The van der Waals surface area contributed by atoms with Crippen molar-refractivity contribution in [3.05, 3.63) is 35.9 Å². The van der Waals surface area contributed by atoms with Gasteiger partial charge in [0.1, 0.15) is 0 Å². The molecule has 0 radical (unpaired) electrons. The Labute approximate surface area is 71.9 Å². The van der Waals surface area contributed by atoms with Gasteiger partial charge in [-0.25, -0.2) is 8.78 Å². The van der Waals surface area contributed by atoms with Crippen molar-refractivity contribution < 1.29 is 26.1 Å². The van der Waals surface area contributed by atoms with Crippen LogP contribution in [0.3, 0.4) is 0 Å². The van der Waals surface area contributed by atoms with Gasteiger partial charge in [0.05, 0.1) is 0 Å². The van der Waals surface area contributed by atoms with Crippen molar-refractivity contribution in [3.63, 3.8) is 0 Å². The summed E-state index contributed by atoms with van der Waals surface area (Å²) in [6.07, 6.45) is 0. The molecule has 10 heavy (non-hydrogen) atoms. The van der Waals surface area contributed by atoms with Crippen molar-refractivity contribution in [2.45, 2.75) is 0 Å². The predicted octanol–water partition coefficient (Wildman–Crippen LogP) is 2.45. The van der Waals surface area contributed by atoms with Crippen LogP contribution < -0.4 is 0 Å². The second-order valence-electron chi connectivity index (χ2n) is 1.35. The Hall–Kier alpha value is -0.00662. The molecular formula is C6H3ClF2Zn. The topological polar surface area (TPSA) is 0 Å². The summed E-state index contributed by atoms with van der Waals surface area (Å²) < 4.78 is 23.7. The molecule has 4 heteroatoms. The first kappa shape index (κ1) is 9.99. The monoisotopic (exact) mass is 212 g/mol. The zero-order chi connectivity index (χ0) is 7.98. The molecule has 0 amide bonds. The first-order valence-corrected chi connectivity index (χ1v) is 6.29. The van der Waals surface area contributed by atoms with Crippen LogP contribution in [0.4, 0.5) is 8.78 Å². The van der Waals surface area contributed by atoms with Crippen LogP contribution in [0.1, 0.15) is 0 Å². The van der Waals surface area contributed by atoms with Gasteiger partial charge in [-0.3, -0.25) is 0 Å². The average molecular weight is 214 g/mol. The summed E-state index contributed by atoms with van der Waals surface area (Å²) in [5.41, 5.74) is 0. The molecule has 0 unspecified atom stereocenters. The van der Waals surface area contributed by atoms with E-state index >= 15 is 0 Å². The van der Waals surface area contributed by atoms with Crippen LogP contribution in [0.15, 0.2) is 18.2 Å². The standard InChI is InChI=1S/C6H3F2.ClH.Zn/c7-5-2-1-3-6(8)4-5;;/h1-3H;1H;/q-1;;+2/p-1. The molecule has 0 spiro atoms. The van der Waals surface area contributed by atoms with Crippen LogP contribution in [0.2, 0.25) is 0 Å². The van der Waals surface area contributed by atoms with Gasteiger partial charge in [0.2, 0.25) is 0 Å². The van der Waals surface area contributed by atoms with Crippen molar-refractivity contribution in [3.8, 4) is 0 Å². The fraction of sp³-hybridized carbons (Fsp3) is 0. The fourth-order valence-electron chi connectivity index (χ4n) is 0.414. The van der Waals surface area contributed by atoms with Gasteiger partial charge in [-0.15, -0.1) is 18.2 Å². The molecule has 0 aliphatic heterocycles. The molecular weight excluding hydrogens is 211 g/mol. The minimum absolute atomic E-state index is 0.662. The molecule has 0 saturated heterocycles. The van der Waals surface area contributed by atoms with Gasteiger partial charge < -0.3 is 0 Å². The molecule has 0 aromatic heterocycles. The summed E-state index contributed by atoms with van der Waals surface area (Å²) in [4.78, 5) is 0. The van der Waals surface area contributed by atoms with E-state index in [-0.39, 0.29) is 0 Å². The van der Waals surface area contributed by atoms with E-state index in [1.54, 1.807) is 0 Å². The van der Waals surface area contributed by atoms with E-state index in [2.05, 4.69) is 0 Å². The van der Waals surface area contributed by atoms with E-state index in [1.807, 2.05) is 6.07 Å². The van der Waals surface area contributed by atoms with E-state index in [1.165, 1.54) is 6.07 Å². The summed E-state index contributed by atoms with van der Waals surface area (Å²) in [6.45, 7) is 0. The first-order chi connectivity index (χ1) is 4.79. The van der Waals surface area contributed by atoms with Crippen molar-refractivity contribution in [1.29, 1.82) is 0 Å². The van der Waals surface area contributed by atoms with Crippen LogP contribution in [0.25, 0.3) is 0 Å². The van der Waals surface area contributed by atoms with Crippen LogP contribution in [0.5, 0.6) is 0 Å². The summed E-state index contributed by atoms with van der Waals surface area (Å²) in [5.74, 6) is -1.32. The van der Waals surface area contributed by atoms with E-state index in [4.69, 9.17) is 9.69 Å². The van der Waals surface area contributed by atoms with Crippen molar-refractivity contribution in [2.75, 3.05) is 0 Å². The number of hydrogen-bond donors (Lipinski definition) is 0. The van der Waals surface area contributed by atoms with Gasteiger partial charge >= 0.3 is 27.0 Å². The number of hydrogen-bond acceptors (Lipinski definition) is 0. The van der Waals surface area contributed by atoms with Gasteiger partial charge in [-0.05, 0) is 0 Å². The third-order valence-electron chi connectivity index (χ3n) is 0.724. The molecule has 50 valence electrons. The third-order valence-corrected chi connectivity index (χ3v) is 0.724. The van der Waals surface area contributed by atoms with Crippen molar-refractivity contribution in [2.24, 2.45) is 0 Å². The maximum atomic E-state index is 11.9. The minimum atomic E-state index is -0.662. The predicted molar refractivity (Wildman–Crippen MR) is 31.0 cm³/mol. The number of halogens is 3. The molecule has 0 N–H and O–H groups in total. The molecule has 0 bridgehead atoms. The summed E-state index contributed by atoms with van der Waals surface area (Å²) in [5, 5.41) is 0. The molecule has 0 atom stereocenters. The fourth-order valence-corrected chi connectivity index (χ4v) is 0.414. The molecule has 0 heterocycles. The zero-order valence-corrected chi connectivity index (χ0v) is 8.80. The summed E-state index contributed by atoms with van der Waals surface area (Å²) in [6, 6.07) is 5.41. The molecule has 0 nitrogen and oxygen atoms in total. The van der Waals surface area contributed by atoms with E-state index in [0.717, 1.165) is 29.4 Å². The van der Waals surface area contributed by atoms with E-state index in [9.17, 15) is 8.78 Å². The number of benzene rings is 1. The molecule has 1 aromatic rings. The second kappa shape index (κ2) is 5.75. The quantitative estimate of drug-likeness (QED) is 0.459. The molecule has 0 aliphatic rings. The number of rotatable bonds is 0. The Morgan fingerprint density at radius 2 is 1.60 bits per heavy atom. The van der Waals surface area contributed by atoms with Gasteiger partial charge in [-0.2, -0.15) is 6.07 Å². The van der Waals surface area contributed by atoms with Gasteiger partial charge in [0, 0.05) is 11.6 Å². The van der Waals surface area contributed by atoms with Crippen LogP contribution in [0, 0.1) is 17.7 Å². The molecule has 0 aliphatic carbocycles. The van der Waals surface area contributed by atoms with Gasteiger partial charge in [0.15, 0.2) is 0 Å². The normalized spacial score (nSPS) is 8.10. The molecule has 1 aromatic carbocycles. The molecule has 0 fully saturated rings. The zero-order valence-electron chi connectivity index (χ0n) is 5.07. The van der Waals surface area contributed by atoms with Crippen LogP contribution in [-0.4, -0.2) is 0 Å². The Morgan fingerprint density at radius 3 is 1.80 bits per heavy atom. The Balaban J connectivity index is 0.000000371. The van der Waals surface area contributed by atoms with Crippen LogP contribution >= 0.6 is 9.69 Å². The van der Waals surface area contributed by atoms with Crippen LogP contribution in [-0.2, 0) is 17.3 Å². The molecule has 1 rings (SSSR count). The molecule has 0 saturated carbocycles. The second-order valence-corrected chi connectivity index (χ2v) is 1.35. The summed E-state index contributed by atoms with van der Waals surface area (Å²) in [7, 11) is 4.76. The SMILES string of the molecule is Fc1[c-]c(F)ccc1.[Cl][Zn+]. The maximum absolute atomic E-state index is 11.9. The van der Waals surface area contributed by atoms with E-state index < -0.39 is 11.6 Å². The van der Waals surface area contributed by atoms with E-state index in [0.29, 0.717) is 0 Å². The van der Waals surface area contributed by atoms with Crippen molar-refractivity contribution in [1.82, 2.24) is 0 Å². The third kappa shape index (κ3) is 3.91. The first-order valence-electron chi connectivity index (χ1n) is 2.39. The Bertz CT molecular complexity index is 176. The Kier molecular flexibility index (Phi) is 5.75. The summed E-state index contributed by atoms with van der Waals surface area (Å²) >= 11 is 0.847. The van der Waals surface area contributed by atoms with Crippen molar-refractivity contribution >= 4 is 9.69 Å². The van der Waals surface area contributed by atoms with Gasteiger partial charge in [0.25, 0.3) is 0 Å². The average Bonchev–Trinajstić information content (AvgIpc) is 1.91. The Morgan fingerprint density at radius 1 is 1.20 bits per heavy atom.